The van der Waals surface area contributed by atoms with Crippen molar-refractivity contribution in [1.82, 2.24) is 9.88 Å². The van der Waals surface area contributed by atoms with Gasteiger partial charge in [-0.2, -0.15) is 0 Å². The van der Waals surface area contributed by atoms with Crippen LogP contribution >= 0.6 is 0 Å². The maximum Gasteiger partial charge on any atom is 0.229 e. The van der Waals surface area contributed by atoms with Gasteiger partial charge in [-0.15, -0.1) is 0 Å². The summed E-state index contributed by atoms with van der Waals surface area (Å²) in [5.41, 5.74) is -0.211. The van der Waals surface area contributed by atoms with Crippen LogP contribution < -0.4 is 4.74 Å². The highest BCUT2D eigenvalue weighted by Gasteiger charge is 2.60. The summed E-state index contributed by atoms with van der Waals surface area (Å²) >= 11 is 0. The van der Waals surface area contributed by atoms with E-state index in [2.05, 4.69) is 9.88 Å². The standard InChI is InChI=1S/C23H30N2O3/c26-21(22-9-16-6-17(10-22)8-18(7-16)11-22)25-14-23(15-25)19(3-5-28-23)13-27-20-2-1-4-24-12-20/h1-2,4,12,16-19H,3,5-11,13-15H2/t16?,17?,18?,19-,22?/m0/s1. The van der Waals surface area contributed by atoms with Crippen molar-refractivity contribution >= 4 is 5.91 Å². The van der Waals surface area contributed by atoms with Crippen molar-refractivity contribution in [3.8, 4) is 5.75 Å². The van der Waals surface area contributed by atoms with Crippen molar-refractivity contribution in [2.24, 2.45) is 29.1 Å². The number of aromatic nitrogens is 1. The zero-order valence-electron chi connectivity index (χ0n) is 16.5. The fourth-order valence-corrected chi connectivity index (χ4v) is 7.45. The van der Waals surface area contributed by atoms with E-state index in [1.807, 2.05) is 12.1 Å². The summed E-state index contributed by atoms with van der Waals surface area (Å²) in [6.07, 6.45) is 12.1. The number of rotatable bonds is 4. The Morgan fingerprint density at radius 3 is 2.54 bits per heavy atom. The minimum atomic E-state index is -0.180. The third-order valence-electron chi connectivity index (χ3n) is 8.38. The van der Waals surface area contributed by atoms with Gasteiger partial charge in [0.05, 0.1) is 31.3 Å². The Morgan fingerprint density at radius 2 is 1.89 bits per heavy atom. The first-order valence-electron chi connectivity index (χ1n) is 11.1. The highest BCUT2D eigenvalue weighted by atomic mass is 16.5. The summed E-state index contributed by atoms with van der Waals surface area (Å²) in [5.74, 6) is 4.05. The Kier molecular flexibility index (Phi) is 3.81. The second kappa shape index (κ2) is 6.19. The maximum atomic E-state index is 13.5. The topological polar surface area (TPSA) is 51.7 Å². The molecule has 4 aliphatic carbocycles. The van der Waals surface area contributed by atoms with E-state index in [0.29, 0.717) is 18.4 Å². The average molecular weight is 383 g/mol. The van der Waals surface area contributed by atoms with Crippen LogP contribution in [-0.2, 0) is 9.53 Å². The molecule has 0 aromatic carbocycles. The molecule has 0 N–H and O–H groups in total. The number of carbonyl (C=O) groups is 1. The van der Waals surface area contributed by atoms with Gasteiger partial charge in [-0.1, -0.05) is 0 Å². The predicted octanol–water partition coefficient (Wildman–Crippen LogP) is 3.29. The third-order valence-corrected chi connectivity index (χ3v) is 8.38. The van der Waals surface area contributed by atoms with Crippen LogP contribution in [0.4, 0.5) is 0 Å². The molecule has 1 spiro atoms. The van der Waals surface area contributed by atoms with E-state index in [9.17, 15) is 4.79 Å². The number of amides is 1. The monoisotopic (exact) mass is 382 g/mol. The molecule has 7 rings (SSSR count). The molecular weight excluding hydrogens is 352 g/mol. The molecule has 4 bridgehead atoms. The molecule has 4 saturated carbocycles. The number of hydrogen-bond acceptors (Lipinski definition) is 4. The Hall–Kier alpha value is -1.62. The lowest BCUT2D eigenvalue weighted by Crippen LogP contribution is -2.69. The molecule has 3 heterocycles. The summed E-state index contributed by atoms with van der Waals surface area (Å²) in [4.78, 5) is 19.8. The molecule has 0 radical (unpaired) electrons. The summed E-state index contributed by atoms with van der Waals surface area (Å²) in [5, 5.41) is 0. The molecule has 5 nitrogen and oxygen atoms in total. The van der Waals surface area contributed by atoms with Gasteiger partial charge in [0.1, 0.15) is 11.4 Å². The molecule has 28 heavy (non-hydrogen) atoms. The zero-order valence-corrected chi connectivity index (χ0v) is 16.5. The molecule has 6 fully saturated rings. The minimum Gasteiger partial charge on any atom is -0.492 e. The molecule has 1 aromatic rings. The van der Waals surface area contributed by atoms with Crippen molar-refractivity contribution in [2.75, 3.05) is 26.3 Å². The number of pyridine rings is 1. The second-order valence-corrected chi connectivity index (χ2v) is 10.3. The molecule has 0 unspecified atom stereocenters. The molecule has 6 aliphatic rings. The molecule has 150 valence electrons. The summed E-state index contributed by atoms with van der Waals surface area (Å²) in [7, 11) is 0. The van der Waals surface area contributed by atoms with Gasteiger partial charge in [0.15, 0.2) is 0 Å². The van der Waals surface area contributed by atoms with Crippen molar-refractivity contribution < 1.29 is 14.3 Å². The molecule has 1 amide bonds. The number of hydrogen-bond donors (Lipinski definition) is 0. The predicted molar refractivity (Wildman–Crippen MR) is 104 cm³/mol. The smallest absolute Gasteiger partial charge is 0.229 e. The van der Waals surface area contributed by atoms with Crippen molar-refractivity contribution in [1.29, 1.82) is 0 Å². The fraction of sp³-hybridized carbons (Fsp3) is 0.739. The summed E-state index contributed by atoms with van der Waals surface area (Å²) in [6, 6.07) is 3.84. The van der Waals surface area contributed by atoms with Crippen molar-refractivity contribution in [3.05, 3.63) is 24.5 Å². The molecule has 1 aromatic heterocycles. The quantitative estimate of drug-likeness (QED) is 0.802. The molecular formula is C23H30N2O3. The SMILES string of the molecule is O=C(N1CC2(C1)OCC[C@H]2COc1cccnc1)C12CC3CC(CC(C3)C1)C2. The Bertz CT molecular complexity index is 723. The number of carbonyl (C=O) groups excluding carboxylic acids is 1. The van der Waals surface area contributed by atoms with Crippen LogP contribution in [0.3, 0.4) is 0 Å². The van der Waals surface area contributed by atoms with E-state index in [0.717, 1.165) is 68.9 Å². The van der Waals surface area contributed by atoms with Crippen LogP contribution in [0.5, 0.6) is 5.75 Å². The molecule has 2 aliphatic heterocycles. The Balaban J connectivity index is 1.11. The highest BCUT2D eigenvalue weighted by molar-refractivity contribution is 5.84. The number of nitrogens with zero attached hydrogens (tertiary/aromatic N) is 2. The van der Waals surface area contributed by atoms with Crippen molar-refractivity contribution in [3.63, 3.8) is 0 Å². The van der Waals surface area contributed by atoms with Gasteiger partial charge in [-0.3, -0.25) is 9.78 Å². The zero-order chi connectivity index (χ0) is 18.8. The van der Waals surface area contributed by atoms with Gasteiger partial charge >= 0.3 is 0 Å². The van der Waals surface area contributed by atoms with Gasteiger partial charge in [0.25, 0.3) is 0 Å². The molecule has 1 atom stereocenters. The number of likely N-dealkylation sites (tertiary alicyclic amines) is 1. The van der Waals surface area contributed by atoms with Crippen LogP contribution in [0, 0.1) is 29.1 Å². The average Bonchev–Trinajstić information content (AvgIpc) is 3.08. The van der Waals surface area contributed by atoms with Gasteiger partial charge in [-0.25, -0.2) is 0 Å². The largest absolute Gasteiger partial charge is 0.492 e. The van der Waals surface area contributed by atoms with Gasteiger partial charge in [-0.05, 0) is 74.8 Å². The van der Waals surface area contributed by atoms with E-state index in [4.69, 9.17) is 9.47 Å². The molecule has 2 saturated heterocycles. The van der Waals surface area contributed by atoms with Crippen LogP contribution in [0.2, 0.25) is 0 Å². The lowest BCUT2D eigenvalue weighted by molar-refractivity contribution is -0.187. The van der Waals surface area contributed by atoms with E-state index >= 15 is 0 Å². The maximum absolute atomic E-state index is 13.5. The highest BCUT2D eigenvalue weighted by Crippen LogP contribution is 2.61. The first-order chi connectivity index (χ1) is 13.6. The van der Waals surface area contributed by atoms with Crippen LogP contribution in [-0.4, -0.2) is 47.7 Å². The normalized spacial score (nSPS) is 39.9. The second-order valence-electron chi connectivity index (χ2n) is 10.3. The lowest BCUT2D eigenvalue weighted by atomic mass is 9.49. The van der Waals surface area contributed by atoms with E-state index < -0.39 is 0 Å². The van der Waals surface area contributed by atoms with Gasteiger partial charge in [0.2, 0.25) is 5.91 Å². The van der Waals surface area contributed by atoms with Crippen molar-refractivity contribution in [2.45, 2.75) is 50.5 Å². The molecule has 5 heteroatoms. The first-order valence-corrected chi connectivity index (χ1v) is 11.1. The summed E-state index contributed by atoms with van der Waals surface area (Å²) < 4.78 is 12.2. The van der Waals surface area contributed by atoms with E-state index in [-0.39, 0.29) is 11.0 Å². The number of ether oxygens (including phenoxy) is 2. The Morgan fingerprint density at radius 1 is 1.18 bits per heavy atom. The van der Waals surface area contributed by atoms with Gasteiger partial charge in [0, 0.05) is 18.7 Å². The third kappa shape index (κ3) is 2.62. The van der Waals surface area contributed by atoms with Gasteiger partial charge < -0.3 is 14.4 Å². The fourth-order valence-electron chi connectivity index (χ4n) is 7.45. The minimum absolute atomic E-state index is 0.0311. The van der Waals surface area contributed by atoms with Crippen LogP contribution in [0.25, 0.3) is 0 Å². The summed E-state index contributed by atoms with van der Waals surface area (Å²) in [6.45, 7) is 2.94. The van der Waals surface area contributed by atoms with E-state index in [1.165, 1.54) is 19.3 Å². The first kappa shape index (κ1) is 17.3. The van der Waals surface area contributed by atoms with Crippen LogP contribution in [0.1, 0.15) is 44.9 Å². The Labute approximate surface area is 166 Å². The van der Waals surface area contributed by atoms with Crippen LogP contribution in [0.15, 0.2) is 24.5 Å². The lowest BCUT2D eigenvalue weighted by Gasteiger charge is -2.59. The van der Waals surface area contributed by atoms with E-state index in [1.54, 1.807) is 12.4 Å².